The summed E-state index contributed by atoms with van der Waals surface area (Å²) in [5.41, 5.74) is 4.39. The molecule has 3 rings (SSSR count). The molecule has 1 aromatic heterocycles. The van der Waals surface area contributed by atoms with E-state index >= 15 is 0 Å². The Kier molecular flexibility index (Phi) is 6.44. The summed E-state index contributed by atoms with van der Waals surface area (Å²) >= 11 is 0. The summed E-state index contributed by atoms with van der Waals surface area (Å²) in [4.78, 5) is 21.4. The lowest BCUT2D eigenvalue weighted by atomic mass is 10.1. The minimum absolute atomic E-state index is 0.256. The fourth-order valence-corrected chi connectivity index (χ4v) is 3.25. The molecule has 1 heterocycles. The summed E-state index contributed by atoms with van der Waals surface area (Å²) in [5.74, 6) is 1.77. The number of nitrogens with one attached hydrogen (secondary N) is 2. The molecule has 0 bridgehead atoms. The van der Waals surface area contributed by atoms with Gasteiger partial charge in [0.1, 0.15) is 23.1 Å². The lowest BCUT2D eigenvalue weighted by Gasteiger charge is -2.11. The Labute approximate surface area is 171 Å². The van der Waals surface area contributed by atoms with E-state index in [1.165, 1.54) is 0 Å². The molecule has 0 aliphatic heterocycles. The number of ether oxygens (including phenoxy) is 1. The molecule has 0 aliphatic rings. The number of hydrogen-bond acceptors (Lipinski definition) is 5. The van der Waals surface area contributed by atoms with E-state index in [1.54, 1.807) is 20.1 Å². The summed E-state index contributed by atoms with van der Waals surface area (Å²) in [6.45, 7) is 6.44. The van der Waals surface area contributed by atoms with Crippen LogP contribution in [0.2, 0.25) is 0 Å². The second kappa shape index (κ2) is 9.19. The Balaban J connectivity index is 1.68. The van der Waals surface area contributed by atoms with Gasteiger partial charge in [-0.3, -0.25) is 4.79 Å². The highest BCUT2D eigenvalue weighted by atomic mass is 16.5. The number of amides is 1. The molecule has 0 atom stereocenters. The highest BCUT2D eigenvalue weighted by molar-refractivity contribution is 6.03. The molecule has 0 saturated carbocycles. The van der Waals surface area contributed by atoms with Crippen LogP contribution in [0.15, 0.2) is 48.5 Å². The fourth-order valence-electron chi connectivity index (χ4n) is 3.25. The molecule has 2 N–H and O–H groups in total. The van der Waals surface area contributed by atoms with Gasteiger partial charge in [-0.15, -0.1) is 0 Å². The van der Waals surface area contributed by atoms with Crippen LogP contribution in [0.1, 0.15) is 33.0 Å². The fraction of sp³-hybridized carbons (Fsp3) is 0.261. The minimum atomic E-state index is -0.256. The molecule has 29 heavy (non-hydrogen) atoms. The molecule has 6 heteroatoms. The third kappa shape index (κ3) is 5.54. The highest BCUT2D eigenvalue weighted by Gasteiger charge is 2.12. The van der Waals surface area contributed by atoms with Crippen LogP contribution in [0.3, 0.4) is 0 Å². The van der Waals surface area contributed by atoms with Crippen molar-refractivity contribution in [2.45, 2.75) is 27.2 Å². The number of aromatic nitrogens is 2. The highest BCUT2D eigenvalue weighted by Crippen LogP contribution is 2.18. The standard InChI is InChI=1S/C23H26N4O2/c1-15-11-16(2)13-19(12-15)27-23(28)20-14-22(26-17(3)25-20)24-10-9-18-7-5-6-8-21(18)29-4/h5-8,11-14H,9-10H2,1-4H3,(H,27,28)(H,24,25,26). The number of nitrogens with zero attached hydrogens (tertiary/aromatic N) is 2. The number of methoxy groups -OCH3 is 1. The maximum atomic E-state index is 12.7. The van der Waals surface area contributed by atoms with Gasteiger partial charge in [0, 0.05) is 18.3 Å². The van der Waals surface area contributed by atoms with Crippen molar-refractivity contribution in [1.82, 2.24) is 9.97 Å². The van der Waals surface area contributed by atoms with E-state index in [0.717, 1.165) is 34.5 Å². The van der Waals surface area contributed by atoms with Crippen LogP contribution >= 0.6 is 0 Å². The monoisotopic (exact) mass is 390 g/mol. The summed E-state index contributed by atoms with van der Waals surface area (Å²) in [6.07, 6.45) is 0.775. The lowest BCUT2D eigenvalue weighted by molar-refractivity contribution is 0.102. The molecule has 3 aromatic rings. The van der Waals surface area contributed by atoms with Gasteiger partial charge < -0.3 is 15.4 Å². The van der Waals surface area contributed by atoms with E-state index < -0.39 is 0 Å². The van der Waals surface area contributed by atoms with E-state index in [2.05, 4.69) is 26.7 Å². The SMILES string of the molecule is COc1ccccc1CCNc1cc(C(=O)Nc2cc(C)cc(C)c2)nc(C)n1. The number of hydrogen-bond donors (Lipinski definition) is 2. The largest absolute Gasteiger partial charge is 0.496 e. The summed E-state index contributed by atoms with van der Waals surface area (Å²) in [7, 11) is 1.67. The van der Waals surface area contributed by atoms with Crippen LogP contribution in [-0.4, -0.2) is 29.5 Å². The van der Waals surface area contributed by atoms with Crippen molar-refractivity contribution in [3.8, 4) is 5.75 Å². The third-order valence-electron chi connectivity index (χ3n) is 4.44. The Bertz CT molecular complexity index is 997. The van der Waals surface area contributed by atoms with Crippen LogP contribution in [0.25, 0.3) is 0 Å². The molecule has 0 fully saturated rings. The van der Waals surface area contributed by atoms with Crippen LogP contribution in [0.5, 0.6) is 5.75 Å². The summed E-state index contributed by atoms with van der Waals surface area (Å²) < 4.78 is 5.38. The number of anilines is 2. The first kappa shape index (κ1) is 20.3. The first-order chi connectivity index (χ1) is 13.9. The lowest BCUT2D eigenvalue weighted by Crippen LogP contribution is -2.16. The smallest absolute Gasteiger partial charge is 0.274 e. The summed E-state index contributed by atoms with van der Waals surface area (Å²) in [6, 6.07) is 15.5. The van der Waals surface area contributed by atoms with Gasteiger partial charge in [-0.25, -0.2) is 9.97 Å². The predicted molar refractivity (Wildman–Crippen MR) is 116 cm³/mol. The van der Waals surface area contributed by atoms with Gasteiger partial charge in [-0.05, 0) is 62.1 Å². The van der Waals surface area contributed by atoms with Gasteiger partial charge in [0.15, 0.2) is 0 Å². The number of aryl methyl sites for hydroxylation is 3. The first-order valence-electron chi connectivity index (χ1n) is 9.55. The van der Waals surface area contributed by atoms with Gasteiger partial charge in [0.25, 0.3) is 5.91 Å². The third-order valence-corrected chi connectivity index (χ3v) is 4.44. The molecule has 150 valence electrons. The zero-order chi connectivity index (χ0) is 20.8. The number of para-hydroxylation sites is 1. The molecule has 6 nitrogen and oxygen atoms in total. The quantitative estimate of drug-likeness (QED) is 0.628. The molecular weight excluding hydrogens is 364 g/mol. The zero-order valence-corrected chi connectivity index (χ0v) is 17.2. The molecule has 1 amide bonds. The van der Waals surface area contributed by atoms with Crippen molar-refractivity contribution in [2.75, 3.05) is 24.3 Å². The second-order valence-electron chi connectivity index (χ2n) is 7.00. The van der Waals surface area contributed by atoms with Crippen LogP contribution < -0.4 is 15.4 Å². The maximum absolute atomic E-state index is 12.7. The molecule has 2 aromatic carbocycles. The van der Waals surface area contributed by atoms with Crippen molar-refractivity contribution in [3.63, 3.8) is 0 Å². The molecule has 0 spiro atoms. The first-order valence-corrected chi connectivity index (χ1v) is 9.55. The average Bonchev–Trinajstić information content (AvgIpc) is 2.67. The number of rotatable bonds is 7. The maximum Gasteiger partial charge on any atom is 0.274 e. The zero-order valence-electron chi connectivity index (χ0n) is 17.2. The van der Waals surface area contributed by atoms with Crippen LogP contribution in [0, 0.1) is 20.8 Å². The molecule has 0 aliphatic carbocycles. The number of benzene rings is 2. The van der Waals surface area contributed by atoms with E-state index in [9.17, 15) is 4.79 Å². The number of carbonyl (C=O) groups excluding carboxylic acids is 1. The Morgan fingerprint density at radius 3 is 2.45 bits per heavy atom. The van der Waals surface area contributed by atoms with Crippen molar-refractivity contribution in [3.05, 3.63) is 76.7 Å². The molecule has 0 unspecified atom stereocenters. The Morgan fingerprint density at radius 2 is 1.72 bits per heavy atom. The van der Waals surface area contributed by atoms with Gasteiger partial charge in [0.2, 0.25) is 0 Å². The van der Waals surface area contributed by atoms with Crippen molar-refractivity contribution in [1.29, 1.82) is 0 Å². The van der Waals surface area contributed by atoms with Crippen LogP contribution in [0.4, 0.5) is 11.5 Å². The Morgan fingerprint density at radius 1 is 1.00 bits per heavy atom. The molecular formula is C23H26N4O2. The number of carbonyl (C=O) groups is 1. The van der Waals surface area contributed by atoms with E-state index in [4.69, 9.17) is 4.74 Å². The predicted octanol–water partition coefficient (Wildman–Crippen LogP) is 4.32. The molecule has 0 saturated heterocycles. The second-order valence-corrected chi connectivity index (χ2v) is 7.00. The van der Waals surface area contributed by atoms with Crippen molar-refractivity contribution < 1.29 is 9.53 Å². The van der Waals surface area contributed by atoms with E-state index in [1.807, 2.05) is 50.2 Å². The van der Waals surface area contributed by atoms with Gasteiger partial charge in [-0.1, -0.05) is 24.3 Å². The van der Waals surface area contributed by atoms with Crippen molar-refractivity contribution in [2.24, 2.45) is 0 Å². The minimum Gasteiger partial charge on any atom is -0.496 e. The average molecular weight is 390 g/mol. The van der Waals surface area contributed by atoms with Gasteiger partial charge in [-0.2, -0.15) is 0 Å². The summed E-state index contributed by atoms with van der Waals surface area (Å²) in [5, 5.41) is 6.19. The molecule has 0 radical (unpaired) electrons. The normalized spacial score (nSPS) is 10.5. The topological polar surface area (TPSA) is 76.1 Å². The van der Waals surface area contributed by atoms with Gasteiger partial charge in [0.05, 0.1) is 7.11 Å². The van der Waals surface area contributed by atoms with Crippen LogP contribution in [-0.2, 0) is 6.42 Å². The van der Waals surface area contributed by atoms with E-state index in [-0.39, 0.29) is 5.91 Å². The Hall–Kier alpha value is -3.41. The van der Waals surface area contributed by atoms with Gasteiger partial charge >= 0.3 is 0 Å². The van der Waals surface area contributed by atoms with Crippen molar-refractivity contribution >= 4 is 17.4 Å². The van der Waals surface area contributed by atoms with E-state index in [0.29, 0.717) is 23.9 Å².